The Labute approximate surface area is 167 Å². The Morgan fingerprint density at radius 1 is 1.21 bits per heavy atom. The van der Waals surface area contributed by atoms with Crippen LogP contribution in [0.4, 0.5) is 0 Å². The van der Waals surface area contributed by atoms with Crippen molar-refractivity contribution < 1.29 is 9.53 Å². The van der Waals surface area contributed by atoms with Gasteiger partial charge in [-0.15, -0.1) is 5.10 Å². The quantitative estimate of drug-likeness (QED) is 0.482. The molecule has 29 heavy (non-hydrogen) atoms. The van der Waals surface area contributed by atoms with E-state index < -0.39 is 0 Å². The highest BCUT2D eigenvalue weighted by Gasteiger charge is 2.12. The fourth-order valence-corrected chi connectivity index (χ4v) is 3.11. The molecule has 0 radical (unpaired) electrons. The maximum absolute atomic E-state index is 12.4. The number of imidazole rings is 1. The van der Waals surface area contributed by atoms with Gasteiger partial charge in [0.05, 0.1) is 30.9 Å². The third-order valence-electron chi connectivity index (χ3n) is 4.62. The molecule has 0 saturated carbocycles. The van der Waals surface area contributed by atoms with E-state index in [9.17, 15) is 4.79 Å². The van der Waals surface area contributed by atoms with Gasteiger partial charge in [-0.05, 0) is 30.5 Å². The number of rotatable bonds is 8. The van der Waals surface area contributed by atoms with E-state index >= 15 is 0 Å². The summed E-state index contributed by atoms with van der Waals surface area (Å²) in [7, 11) is 1.62. The van der Waals surface area contributed by atoms with E-state index in [1.54, 1.807) is 18.0 Å². The lowest BCUT2D eigenvalue weighted by Gasteiger charge is -2.01. The van der Waals surface area contributed by atoms with Crippen LogP contribution in [0.2, 0.25) is 0 Å². The minimum Gasteiger partial charge on any atom is -0.497 e. The van der Waals surface area contributed by atoms with Gasteiger partial charge in [0.15, 0.2) is 5.69 Å². The molecule has 2 aromatic heterocycles. The predicted octanol–water partition coefficient (Wildman–Crippen LogP) is 2.73. The summed E-state index contributed by atoms with van der Waals surface area (Å²) in [5, 5.41) is 10.8. The van der Waals surface area contributed by atoms with Crippen LogP contribution in [0.5, 0.6) is 5.75 Å². The SMILES string of the molecule is COc1ccc2nc(CNC(=O)c3cn(CCCc4ccccc4)nn3)[nH]c2c1. The maximum Gasteiger partial charge on any atom is 0.273 e. The Hall–Kier alpha value is -3.68. The molecule has 0 aliphatic carbocycles. The van der Waals surface area contributed by atoms with Crippen LogP contribution in [0.15, 0.2) is 54.7 Å². The van der Waals surface area contributed by atoms with Crippen LogP contribution in [0, 0.1) is 0 Å². The standard InChI is InChI=1S/C21H22N6O2/c1-29-16-9-10-17-18(12-16)24-20(23-17)13-22-21(28)19-14-27(26-25-19)11-5-8-15-6-3-2-4-7-15/h2-4,6-7,9-10,12,14H,5,8,11,13H2,1H3,(H,22,28)(H,23,24). The van der Waals surface area contributed by atoms with Crippen LogP contribution in [0.1, 0.15) is 28.3 Å². The van der Waals surface area contributed by atoms with Crippen molar-refractivity contribution in [3.8, 4) is 5.75 Å². The number of aromatic amines is 1. The van der Waals surface area contributed by atoms with Crippen LogP contribution < -0.4 is 10.1 Å². The fraction of sp³-hybridized carbons (Fsp3) is 0.238. The molecule has 8 heteroatoms. The number of nitrogens with one attached hydrogen (secondary N) is 2. The Morgan fingerprint density at radius 2 is 2.07 bits per heavy atom. The van der Waals surface area contributed by atoms with Crippen molar-refractivity contribution in [1.29, 1.82) is 0 Å². The molecular formula is C21H22N6O2. The Balaban J connectivity index is 1.30. The first-order chi connectivity index (χ1) is 14.2. The molecule has 0 unspecified atom stereocenters. The molecule has 0 spiro atoms. The summed E-state index contributed by atoms with van der Waals surface area (Å²) in [6, 6.07) is 15.9. The first-order valence-electron chi connectivity index (χ1n) is 9.46. The average Bonchev–Trinajstić information content (AvgIpc) is 3.39. The van der Waals surface area contributed by atoms with E-state index in [1.165, 1.54) is 5.56 Å². The first-order valence-corrected chi connectivity index (χ1v) is 9.46. The molecule has 2 heterocycles. The molecular weight excluding hydrogens is 368 g/mol. The van der Waals surface area contributed by atoms with Gasteiger partial charge in [-0.2, -0.15) is 0 Å². The largest absolute Gasteiger partial charge is 0.497 e. The minimum absolute atomic E-state index is 0.274. The number of methoxy groups -OCH3 is 1. The van der Waals surface area contributed by atoms with Crippen molar-refractivity contribution in [2.75, 3.05) is 7.11 Å². The van der Waals surface area contributed by atoms with Gasteiger partial charge in [0.1, 0.15) is 11.6 Å². The van der Waals surface area contributed by atoms with Gasteiger partial charge >= 0.3 is 0 Å². The van der Waals surface area contributed by atoms with E-state index in [1.807, 2.05) is 36.4 Å². The molecule has 8 nitrogen and oxygen atoms in total. The van der Waals surface area contributed by atoms with Gasteiger partial charge in [0.2, 0.25) is 0 Å². The number of fused-ring (bicyclic) bond motifs is 1. The van der Waals surface area contributed by atoms with Gasteiger partial charge in [0, 0.05) is 12.6 Å². The zero-order valence-corrected chi connectivity index (χ0v) is 16.1. The molecule has 0 aliphatic heterocycles. The molecule has 0 aliphatic rings. The number of amides is 1. The third-order valence-corrected chi connectivity index (χ3v) is 4.62. The lowest BCUT2D eigenvalue weighted by molar-refractivity contribution is 0.0945. The zero-order chi connectivity index (χ0) is 20.1. The van der Waals surface area contributed by atoms with Crippen LogP contribution in [0.3, 0.4) is 0 Å². The summed E-state index contributed by atoms with van der Waals surface area (Å²) < 4.78 is 6.91. The first kappa shape index (κ1) is 18.7. The van der Waals surface area contributed by atoms with E-state index in [0.29, 0.717) is 18.1 Å². The van der Waals surface area contributed by atoms with Gasteiger partial charge in [-0.3, -0.25) is 9.48 Å². The predicted molar refractivity (Wildman–Crippen MR) is 109 cm³/mol. The number of carbonyl (C=O) groups is 1. The van der Waals surface area contributed by atoms with Crippen LogP contribution in [-0.2, 0) is 19.5 Å². The second-order valence-corrected chi connectivity index (χ2v) is 6.71. The van der Waals surface area contributed by atoms with Crippen molar-refractivity contribution >= 4 is 16.9 Å². The second-order valence-electron chi connectivity index (χ2n) is 6.71. The lowest BCUT2D eigenvalue weighted by Crippen LogP contribution is -2.23. The Bertz CT molecular complexity index is 1100. The number of nitrogens with zero attached hydrogens (tertiary/aromatic N) is 4. The zero-order valence-electron chi connectivity index (χ0n) is 16.1. The number of benzene rings is 2. The summed E-state index contributed by atoms with van der Waals surface area (Å²) in [5.41, 5.74) is 3.26. The molecule has 0 saturated heterocycles. The molecule has 4 rings (SSSR count). The smallest absolute Gasteiger partial charge is 0.273 e. The van der Waals surface area contributed by atoms with Crippen LogP contribution in [-0.4, -0.2) is 38.0 Å². The molecule has 0 bridgehead atoms. The highest BCUT2D eigenvalue weighted by atomic mass is 16.5. The summed E-state index contributed by atoms with van der Waals surface area (Å²) >= 11 is 0. The molecule has 0 atom stereocenters. The second kappa shape index (κ2) is 8.55. The summed E-state index contributed by atoms with van der Waals surface area (Å²) in [6.07, 6.45) is 3.56. The van der Waals surface area contributed by atoms with Crippen LogP contribution in [0.25, 0.3) is 11.0 Å². The van der Waals surface area contributed by atoms with Crippen molar-refractivity contribution in [3.05, 3.63) is 71.8 Å². The Morgan fingerprint density at radius 3 is 2.90 bits per heavy atom. The molecule has 0 fully saturated rings. The fourth-order valence-electron chi connectivity index (χ4n) is 3.11. The highest BCUT2D eigenvalue weighted by Crippen LogP contribution is 2.18. The van der Waals surface area contributed by atoms with E-state index in [4.69, 9.17) is 4.74 Å². The number of aryl methyl sites for hydroxylation is 2. The summed E-state index contributed by atoms with van der Waals surface area (Å²) in [6.45, 7) is 0.983. The molecule has 148 valence electrons. The third kappa shape index (κ3) is 4.60. The summed E-state index contributed by atoms with van der Waals surface area (Å²) in [5.74, 6) is 1.13. The molecule has 4 aromatic rings. The van der Waals surface area contributed by atoms with Crippen molar-refractivity contribution in [3.63, 3.8) is 0 Å². The molecule has 2 aromatic carbocycles. The van der Waals surface area contributed by atoms with Crippen molar-refractivity contribution in [1.82, 2.24) is 30.3 Å². The molecule has 1 amide bonds. The van der Waals surface area contributed by atoms with E-state index in [0.717, 1.165) is 29.6 Å². The maximum atomic E-state index is 12.4. The van der Waals surface area contributed by atoms with E-state index in [-0.39, 0.29) is 12.5 Å². The Kier molecular flexibility index (Phi) is 5.51. The number of hydrogen-bond donors (Lipinski definition) is 2. The van der Waals surface area contributed by atoms with Gasteiger partial charge < -0.3 is 15.0 Å². The van der Waals surface area contributed by atoms with Gasteiger partial charge in [0.25, 0.3) is 5.91 Å². The van der Waals surface area contributed by atoms with Crippen molar-refractivity contribution in [2.45, 2.75) is 25.9 Å². The van der Waals surface area contributed by atoms with Crippen molar-refractivity contribution in [2.24, 2.45) is 0 Å². The van der Waals surface area contributed by atoms with Gasteiger partial charge in [-0.1, -0.05) is 35.5 Å². The average molecular weight is 390 g/mol. The summed E-state index contributed by atoms with van der Waals surface area (Å²) in [4.78, 5) is 20.0. The number of ether oxygens (including phenoxy) is 1. The monoisotopic (exact) mass is 390 g/mol. The number of carbonyl (C=O) groups excluding carboxylic acids is 1. The van der Waals surface area contributed by atoms with Gasteiger partial charge in [-0.25, -0.2) is 4.98 Å². The highest BCUT2D eigenvalue weighted by molar-refractivity contribution is 5.91. The molecule has 2 N–H and O–H groups in total. The number of H-pyrrole nitrogens is 1. The number of hydrogen-bond acceptors (Lipinski definition) is 5. The van der Waals surface area contributed by atoms with Crippen LogP contribution >= 0.6 is 0 Å². The normalized spacial score (nSPS) is 10.9. The topological polar surface area (TPSA) is 97.7 Å². The van der Waals surface area contributed by atoms with E-state index in [2.05, 4.69) is 37.7 Å². The minimum atomic E-state index is -0.280. The number of aromatic nitrogens is 5. The lowest BCUT2D eigenvalue weighted by atomic mass is 10.1.